The van der Waals surface area contributed by atoms with Gasteiger partial charge in [-0.2, -0.15) is 0 Å². The summed E-state index contributed by atoms with van der Waals surface area (Å²) in [7, 11) is 0. The number of ketones is 1. The third-order valence-corrected chi connectivity index (χ3v) is 6.32. The Bertz CT molecular complexity index is 1340. The van der Waals surface area contributed by atoms with Crippen LogP contribution in [0.25, 0.3) is 6.08 Å². The molecule has 1 aromatic heterocycles. The second-order valence-electron chi connectivity index (χ2n) is 7.15. The third kappa shape index (κ3) is 3.00. The molecule has 0 saturated carbocycles. The number of hydrogen-bond donors (Lipinski definition) is 0. The Morgan fingerprint density at radius 3 is 2.59 bits per heavy atom. The minimum Gasteiger partial charge on any atom is -0.294 e. The van der Waals surface area contributed by atoms with Crippen LogP contribution < -0.4 is 14.9 Å². The Morgan fingerprint density at radius 1 is 1.03 bits per heavy atom. The Kier molecular flexibility index (Phi) is 4.36. The standard InChI is InChI=1S/C23H17FN2O2S/c24-16-10-5-4-9-15(16)13-19-22(28)26-21(14-7-2-1-3-8-14)20-17(25-23(26)29-19)11-6-12-18(20)27/h1-5,7-10,13,21H,6,11-12H2. The van der Waals surface area contributed by atoms with Gasteiger partial charge >= 0.3 is 0 Å². The lowest BCUT2D eigenvalue weighted by Crippen LogP contribution is -2.40. The maximum Gasteiger partial charge on any atom is 0.271 e. The molecule has 2 heterocycles. The highest BCUT2D eigenvalue weighted by molar-refractivity contribution is 7.07. The van der Waals surface area contributed by atoms with Gasteiger partial charge in [-0.05, 0) is 30.5 Å². The van der Waals surface area contributed by atoms with Crippen LogP contribution in [-0.4, -0.2) is 10.4 Å². The lowest BCUT2D eigenvalue weighted by molar-refractivity contribution is -0.116. The van der Waals surface area contributed by atoms with E-state index in [1.165, 1.54) is 17.4 Å². The molecule has 4 nitrogen and oxygen atoms in total. The van der Waals surface area contributed by atoms with Gasteiger partial charge in [-0.15, -0.1) is 0 Å². The van der Waals surface area contributed by atoms with E-state index < -0.39 is 6.04 Å². The summed E-state index contributed by atoms with van der Waals surface area (Å²) < 4.78 is 16.1. The Morgan fingerprint density at radius 2 is 1.79 bits per heavy atom. The molecular formula is C23H17FN2O2S. The Hall–Kier alpha value is -3.12. The van der Waals surface area contributed by atoms with Crippen LogP contribution in [0.5, 0.6) is 0 Å². The van der Waals surface area contributed by atoms with Crippen molar-refractivity contribution in [1.29, 1.82) is 0 Å². The van der Waals surface area contributed by atoms with Crippen LogP contribution in [0, 0.1) is 5.82 Å². The predicted octanol–water partition coefficient (Wildman–Crippen LogP) is 3.11. The fraction of sp³-hybridized carbons (Fsp3) is 0.174. The third-order valence-electron chi connectivity index (χ3n) is 5.34. The fourth-order valence-electron chi connectivity index (χ4n) is 3.99. The number of nitrogens with zero attached hydrogens (tertiary/aromatic N) is 2. The number of fused-ring (bicyclic) bond motifs is 1. The number of carbonyl (C=O) groups excluding carboxylic acids is 1. The normalized spacial score (nSPS) is 19.0. The minimum absolute atomic E-state index is 0.0484. The van der Waals surface area contributed by atoms with Crippen molar-refractivity contribution in [2.24, 2.45) is 4.99 Å². The molecule has 1 aliphatic heterocycles. The van der Waals surface area contributed by atoms with E-state index in [9.17, 15) is 14.0 Å². The van der Waals surface area contributed by atoms with Crippen LogP contribution in [0.1, 0.15) is 36.4 Å². The van der Waals surface area contributed by atoms with Gasteiger partial charge in [-0.3, -0.25) is 14.2 Å². The van der Waals surface area contributed by atoms with Crippen molar-refractivity contribution in [3.63, 3.8) is 0 Å². The maximum absolute atomic E-state index is 14.1. The van der Waals surface area contributed by atoms with Crippen LogP contribution in [0.2, 0.25) is 0 Å². The van der Waals surface area contributed by atoms with Crippen molar-refractivity contribution in [3.05, 3.63) is 102 Å². The Labute approximate surface area is 170 Å². The topological polar surface area (TPSA) is 51.4 Å². The number of halogens is 1. The highest BCUT2D eigenvalue weighted by Crippen LogP contribution is 2.35. The van der Waals surface area contributed by atoms with E-state index in [1.54, 1.807) is 28.8 Å². The lowest BCUT2D eigenvalue weighted by Gasteiger charge is -2.28. The average Bonchev–Trinajstić information content (AvgIpc) is 3.04. The molecule has 0 spiro atoms. The van der Waals surface area contributed by atoms with Crippen molar-refractivity contribution < 1.29 is 9.18 Å². The quantitative estimate of drug-likeness (QED) is 0.659. The van der Waals surface area contributed by atoms with Gasteiger partial charge in [-0.25, -0.2) is 9.38 Å². The molecule has 2 aromatic carbocycles. The van der Waals surface area contributed by atoms with Crippen molar-refractivity contribution in [2.75, 3.05) is 0 Å². The monoisotopic (exact) mass is 404 g/mol. The van der Waals surface area contributed by atoms with Crippen molar-refractivity contribution in [2.45, 2.75) is 25.3 Å². The van der Waals surface area contributed by atoms with Crippen LogP contribution in [0.4, 0.5) is 4.39 Å². The first-order chi connectivity index (χ1) is 14.1. The summed E-state index contributed by atoms with van der Waals surface area (Å²) in [5, 5.41) is 0. The molecule has 1 aliphatic carbocycles. The number of benzene rings is 2. The number of carbonyl (C=O) groups is 1. The first-order valence-corrected chi connectivity index (χ1v) is 10.3. The maximum atomic E-state index is 14.1. The average molecular weight is 404 g/mol. The summed E-state index contributed by atoms with van der Waals surface area (Å²) >= 11 is 1.24. The summed E-state index contributed by atoms with van der Waals surface area (Å²) in [6, 6.07) is 15.4. The largest absolute Gasteiger partial charge is 0.294 e. The predicted molar refractivity (Wildman–Crippen MR) is 110 cm³/mol. The smallest absolute Gasteiger partial charge is 0.271 e. The zero-order chi connectivity index (χ0) is 20.0. The Balaban J connectivity index is 1.79. The number of Topliss-reactive ketones (excluding diaryl/α,β-unsaturated/α-hetero) is 1. The van der Waals surface area contributed by atoms with Gasteiger partial charge in [0.05, 0.1) is 16.3 Å². The van der Waals surface area contributed by atoms with Crippen LogP contribution in [0.15, 0.2) is 75.7 Å². The van der Waals surface area contributed by atoms with Crippen LogP contribution in [0.3, 0.4) is 0 Å². The van der Waals surface area contributed by atoms with E-state index in [0.717, 1.165) is 24.1 Å². The van der Waals surface area contributed by atoms with Gasteiger partial charge in [0.2, 0.25) is 0 Å². The number of allylic oxidation sites excluding steroid dienone is 2. The zero-order valence-corrected chi connectivity index (χ0v) is 16.3. The van der Waals surface area contributed by atoms with Crippen molar-refractivity contribution in [1.82, 2.24) is 4.57 Å². The van der Waals surface area contributed by atoms with Gasteiger partial charge in [0, 0.05) is 17.6 Å². The zero-order valence-electron chi connectivity index (χ0n) is 15.5. The van der Waals surface area contributed by atoms with E-state index in [4.69, 9.17) is 0 Å². The van der Waals surface area contributed by atoms with E-state index in [0.29, 0.717) is 26.9 Å². The first kappa shape index (κ1) is 17.9. The second kappa shape index (κ2) is 7.04. The number of hydrogen-bond acceptors (Lipinski definition) is 4. The highest BCUT2D eigenvalue weighted by atomic mass is 32.1. The second-order valence-corrected chi connectivity index (χ2v) is 8.16. The molecule has 1 unspecified atom stereocenters. The number of rotatable bonds is 2. The van der Waals surface area contributed by atoms with E-state index >= 15 is 0 Å². The summed E-state index contributed by atoms with van der Waals surface area (Å²) in [6.45, 7) is 0. The summed E-state index contributed by atoms with van der Waals surface area (Å²) in [4.78, 5) is 31.3. The summed E-state index contributed by atoms with van der Waals surface area (Å²) in [5.74, 6) is -0.334. The number of aromatic nitrogens is 1. The van der Waals surface area contributed by atoms with E-state index in [2.05, 4.69) is 4.99 Å². The molecule has 6 heteroatoms. The van der Waals surface area contributed by atoms with Crippen LogP contribution in [-0.2, 0) is 4.79 Å². The lowest BCUT2D eigenvalue weighted by atomic mass is 9.86. The molecule has 0 fully saturated rings. The van der Waals surface area contributed by atoms with Gasteiger partial charge in [0.25, 0.3) is 5.56 Å². The summed E-state index contributed by atoms with van der Waals surface area (Å²) in [5.41, 5.74) is 2.37. The van der Waals surface area contributed by atoms with Crippen molar-refractivity contribution >= 4 is 23.2 Å². The van der Waals surface area contributed by atoms with Gasteiger partial charge < -0.3 is 0 Å². The minimum atomic E-state index is -0.488. The molecule has 0 amide bonds. The molecule has 29 heavy (non-hydrogen) atoms. The van der Waals surface area contributed by atoms with Crippen LogP contribution >= 0.6 is 11.3 Å². The summed E-state index contributed by atoms with van der Waals surface area (Å²) in [6.07, 6.45) is 3.53. The molecule has 0 N–H and O–H groups in total. The molecule has 0 bridgehead atoms. The van der Waals surface area contributed by atoms with Gasteiger partial charge in [0.15, 0.2) is 10.6 Å². The fourth-order valence-corrected chi connectivity index (χ4v) is 5.01. The highest BCUT2D eigenvalue weighted by Gasteiger charge is 2.34. The molecule has 144 valence electrons. The molecule has 0 radical (unpaired) electrons. The molecular weight excluding hydrogens is 387 g/mol. The molecule has 2 aliphatic rings. The van der Waals surface area contributed by atoms with Gasteiger partial charge in [0.1, 0.15) is 5.82 Å². The molecule has 1 atom stereocenters. The van der Waals surface area contributed by atoms with E-state index in [-0.39, 0.29) is 17.2 Å². The van der Waals surface area contributed by atoms with E-state index in [1.807, 2.05) is 30.3 Å². The van der Waals surface area contributed by atoms with Crippen molar-refractivity contribution in [3.8, 4) is 0 Å². The van der Waals surface area contributed by atoms with Gasteiger partial charge in [-0.1, -0.05) is 59.9 Å². The molecule has 5 rings (SSSR count). The first-order valence-electron chi connectivity index (χ1n) is 9.51. The number of thiazole rings is 1. The molecule has 3 aromatic rings. The molecule has 0 saturated heterocycles. The SMILES string of the molecule is O=C1CCCC2=C1C(c1ccccc1)n1c(sc(=Cc3ccccc3F)c1=O)=N2.